The van der Waals surface area contributed by atoms with Crippen LogP contribution >= 0.6 is 0 Å². The third-order valence-corrected chi connectivity index (χ3v) is 1.94. The summed E-state index contributed by atoms with van der Waals surface area (Å²) in [7, 11) is 0. The summed E-state index contributed by atoms with van der Waals surface area (Å²) in [6.45, 7) is 1.33. The van der Waals surface area contributed by atoms with Gasteiger partial charge in [0.1, 0.15) is 0 Å². The van der Waals surface area contributed by atoms with Crippen LogP contribution in [0.15, 0.2) is 0 Å². The predicted molar refractivity (Wildman–Crippen MR) is 37.0 cm³/mol. The second-order valence-electron chi connectivity index (χ2n) is 2.29. The van der Waals surface area contributed by atoms with Crippen LogP contribution in [0.1, 0.15) is 13.3 Å². The zero-order chi connectivity index (χ0) is 8.15. The summed E-state index contributed by atoms with van der Waals surface area (Å²) in [5.41, 5.74) is 0. The Morgan fingerprint density at radius 1 is 1.60 bits per heavy atom. The molecule has 0 aliphatic heterocycles. The van der Waals surface area contributed by atoms with Crippen LogP contribution in [0.2, 0.25) is 3.67 Å². The summed E-state index contributed by atoms with van der Waals surface area (Å²) in [4.78, 5) is 20.9. The van der Waals surface area contributed by atoms with Gasteiger partial charge in [-0.25, -0.2) is 0 Å². The van der Waals surface area contributed by atoms with Crippen LogP contribution in [0.25, 0.3) is 0 Å². The molecule has 0 aliphatic carbocycles. The van der Waals surface area contributed by atoms with E-state index >= 15 is 0 Å². The Bertz CT molecular complexity index is 130. The topological polar surface area (TPSA) is 54.4 Å². The summed E-state index contributed by atoms with van der Waals surface area (Å²) in [6.07, 6.45) is 0.511. The van der Waals surface area contributed by atoms with Crippen LogP contribution < -0.4 is 0 Å². The summed E-state index contributed by atoms with van der Waals surface area (Å²) in [5, 5.41) is 8.47. The summed E-state index contributed by atoms with van der Waals surface area (Å²) in [5.74, 6) is -1.97. The third kappa shape index (κ3) is 3.34. The van der Waals surface area contributed by atoms with Crippen LogP contribution in [0.5, 0.6) is 0 Å². The van der Waals surface area contributed by atoms with E-state index in [1.165, 1.54) is 6.92 Å². The van der Waals surface area contributed by atoms with E-state index in [0.717, 1.165) is 31.6 Å². The first kappa shape index (κ1) is 10.1. The standard InChI is InChI=1S/C6H9O3.Na/c1-3-5(4(2)7)6(8)9;/h5H,1,3H2,2H3,(H,8,9);. The number of aliphatic carboxylic acids is 1. The van der Waals surface area contributed by atoms with Crippen LogP contribution in [0.3, 0.4) is 0 Å². The Kier molecular flexibility index (Phi) is 4.95. The van der Waals surface area contributed by atoms with Gasteiger partial charge in [0.05, 0.1) is 0 Å². The molecule has 0 aromatic rings. The molecule has 0 fully saturated rings. The molecule has 0 heterocycles. The fourth-order valence-electron chi connectivity index (χ4n) is 0.789. The maximum absolute atomic E-state index is 10.6. The predicted octanol–water partition coefficient (Wildman–Crippen LogP) is 0.253. The molecule has 52 valence electrons. The number of carbonyl (C=O) groups excluding carboxylic acids is 1. The van der Waals surface area contributed by atoms with Crippen molar-refractivity contribution in [1.29, 1.82) is 0 Å². The van der Waals surface area contributed by atoms with Crippen LogP contribution in [0.4, 0.5) is 0 Å². The van der Waals surface area contributed by atoms with Gasteiger partial charge in [-0.1, -0.05) is 0 Å². The molecule has 3 nitrogen and oxygen atoms in total. The summed E-state index contributed by atoms with van der Waals surface area (Å²) >= 11 is 0.963. The number of Topliss-reactive ketones (excluding diaryl/α,β-unsaturated/α-hetero) is 1. The number of ketones is 1. The molecule has 1 N–H and O–H groups in total. The normalized spacial score (nSPS) is 12.7. The molecule has 1 unspecified atom stereocenters. The molecule has 0 saturated carbocycles. The third-order valence-electron chi connectivity index (χ3n) is 1.37. The molecule has 1 atom stereocenters. The minimum absolute atomic E-state index is 0.233. The van der Waals surface area contributed by atoms with E-state index in [1.807, 2.05) is 0 Å². The molecule has 0 aliphatic rings. The van der Waals surface area contributed by atoms with E-state index in [4.69, 9.17) is 5.11 Å². The van der Waals surface area contributed by atoms with Gasteiger partial charge in [0.2, 0.25) is 0 Å². The first-order chi connectivity index (χ1) is 4.59. The average Bonchev–Trinajstić information content (AvgIpc) is 1.81. The van der Waals surface area contributed by atoms with Crippen molar-refractivity contribution in [1.82, 2.24) is 0 Å². The molecule has 0 bridgehead atoms. The van der Waals surface area contributed by atoms with E-state index in [-0.39, 0.29) is 5.78 Å². The summed E-state index contributed by atoms with van der Waals surface area (Å²) in [6, 6.07) is 0. The average molecular weight is 152 g/mol. The molecule has 0 spiro atoms. The molecule has 0 radical (unpaired) electrons. The molecule has 4 heteroatoms. The van der Waals surface area contributed by atoms with Crippen molar-refractivity contribution in [2.45, 2.75) is 17.0 Å². The number of hydrogen-bond donors (Lipinski definition) is 1. The Balaban J connectivity index is 3.98. The van der Waals surface area contributed by atoms with Gasteiger partial charge in [0, 0.05) is 0 Å². The first-order valence-corrected chi connectivity index (χ1v) is 4.74. The van der Waals surface area contributed by atoms with E-state index < -0.39 is 11.9 Å². The molecule has 0 saturated heterocycles. The Labute approximate surface area is 77.2 Å². The molecular weight excluding hydrogens is 143 g/mol. The first-order valence-electron chi connectivity index (χ1n) is 3.32. The molecule has 10 heavy (non-hydrogen) atoms. The van der Waals surface area contributed by atoms with Gasteiger partial charge in [-0.2, -0.15) is 0 Å². The van der Waals surface area contributed by atoms with Gasteiger partial charge >= 0.3 is 77.3 Å². The van der Waals surface area contributed by atoms with Gasteiger partial charge in [-0.3, -0.25) is 0 Å². The molecule has 0 amide bonds. The van der Waals surface area contributed by atoms with Gasteiger partial charge in [0.15, 0.2) is 0 Å². The zero-order valence-electron chi connectivity index (χ0n) is 6.26. The Morgan fingerprint density at radius 3 is 2.20 bits per heavy atom. The van der Waals surface area contributed by atoms with Crippen molar-refractivity contribution in [3.05, 3.63) is 0 Å². The fraction of sp³-hybridized carbons (Fsp3) is 0.667. The fourth-order valence-corrected chi connectivity index (χ4v) is 1.37. The van der Waals surface area contributed by atoms with Crippen molar-refractivity contribution in [3.8, 4) is 0 Å². The second-order valence-corrected chi connectivity index (χ2v) is 3.29. The quantitative estimate of drug-likeness (QED) is 0.464. The number of carboxylic acids is 1. The van der Waals surface area contributed by atoms with Gasteiger partial charge < -0.3 is 0 Å². The number of rotatable bonds is 4. The molecule has 0 rings (SSSR count). The van der Waals surface area contributed by atoms with Crippen molar-refractivity contribution in [2.24, 2.45) is 5.92 Å². The van der Waals surface area contributed by atoms with E-state index in [0.29, 0.717) is 6.42 Å². The maximum atomic E-state index is 10.6. The minimum atomic E-state index is -0.983. The van der Waals surface area contributed by atoms with E-state index in [2.05, 4.69) is 0 Å². The Morgan fingerprint density at radius 2 is 2.10 bits per heavy atom. The number of hydrogen-bond acceptors (Lipinski definition) is 2. The van der Waals surface area contributed by atoms with Crippen LogP contribution in [-0.4, -0.2) is 44.8 Å². The SMILES string of the molecule is CC(=O)C(C[CH2][Na])C(=O)O. The van der Waals surface area contributed by atoms with Crippen molar-refractivity contribution in [2.75, 3.05) is 0 Å². The van der Waals surface area contributed by atoms with Crippen molar-refractivity contribution in [3.63, 3.8) is 0 Å². The number of carbonyl (C=O) groups is 2. The monoisotopic (exact) mass is 152 g/mol. The van der Waals surface area contributed by atoms with E-state index in [9.17, 15) is 9.59 Å². The Hall–Kier alpha value is 0.140. The zero-order valence-corrected chi connectivity index (χ0v) is 8.26. The van der Waals surface area contributed by atoms with Crippen molar-refractivity contribution < 1.29 is 14.7 Å². The molecular formula is C6H9NaO3. The van der Waals surface area contributed by atoms with Gasteiger partial charge in [-0.15, -0.1) is 0 Å². The second kappa shape index (κ2) is 4.88. The molecule has 0 aromatic heterocycles. The molecule has 0 aromatic carbocycles. The number of carboxylic acid groups (broad SMARTS) is 1. The van der Waals surface area contributed by atoms with Gasteiger partial charge in [0.25, 0.3) is 0 Å². The van der Waals surface area contributed by atoms with E-state index in [1.54, 1.807) is 0 Å². The summed E-state index contributed by atoms with van der Waals surface area (Å²) < 4.78 is 0.872. The van der Waals surface area contributed by atoms with Crippen LogP contribution in [0, 0.1) is 5.92 Å². The van der Waals surface area contributed by atoms with Gasteiger partial charge in [-0.05, 0) is 0 Å². The van der Waals surface area contributed by atoms with Crippen molar-refractivity contribution >= 4 is 39.7 Å². The van der Waals surface area contributed by atoms with Crippen LogP contribution in [-0.2, 0) is 9.59 Å².